The summed E-state index contributed by atoms with van der Waals surface area (Å²) < 4.78 is 6.37. The van der Waals surface area contributed by atoms with Crippen molar-refractivity contribution in [1.82, 2.24) is 0 Å². The predicted molar refractivity (Wildman–Crippen MR) is 59.5 cm³/mol. The highest BCUT2D eigenvalue weighted by molar-refractivity contribution is 9.10. The van der Waals surface area contributed by atoms with Crippen molar-refractivity contribution < 1.29 is 4.74 Å². The van der Waals surface area contributed by atoms with Crippen LogP contribution in [0.3, 0.4) is 0 Å². The molecule has 0 aliphatic carbocycles. The van der Waals surface area contributed by atoms with Crippen LogP contribution in [0.5, 0.6) is 5.75 Å². The van der Waals surface area contributed by atoms with Crippen LogP contribution >= 0.6 is 15.9 Å². The SMILES string of the molecule is CCc1c(C)cc(Br)c(OC)c1C. The smallest absolute Gasteiger partial charge is 0.136 e. The second-order valence-corrected chi connectivity index (χ2v) is 4.02. The van der Waals surface area contributed by atoms with E-state index in [0.29, 0.717) is 0 Å². The van der Waals surface area contributed by atoms with Crippen LogP contribution in [0.1, 0.15) is 23.6 Å². The lowest BCUT2D eigenvalue weighted by Crippen LogP contribution is -1.97. The summed E-state index contributed by atoms with van der Waals surface area (Å²) in [4.78, 5) is 0. The molecule has 0 spiro atoms. The highest BCUT2D eigenvalue weighted by atomic mass is 79.9. The largest absolute Gasteiger partial charge is 0.495 e. The van der Waals surface area contributed by atoms with Crippen LogP contribution in [0.25, 0.3) is 0 Å². The molecule has 13 heavy (non-hydrogen) atoms. The number of benzene rings is 1. The molecular weight excluding hydrogens is 228 g/mol. The standard InChI is InChI=1S/C11H15BrO/c1-5-9-7(2)6-10(12)11(13-4)8(9)3/h6H,5H2,1-4H3. The molecule has 0 bridgehead atoms. The lowest BCUT2D eigenvalue weighted by Gasteiger charge is -2.13. The lowest BCUT2D eigenvalue weighted by molar-refractivity contribution is 0.408. The molecule has 1 aromatic rings. The quantitative estimate of drug-likeness (QED) is 0.770. The summed E-state index contributed by atoms with van der Waals surface area (Å²) in [5.41, 5.74) is 3.96. The van der Waals surface area contributed by atoms with Crippen LogP contribution in [0, 0.1) is 13.8 Å². The fourth-order valence-corrected chi connectivity index (χ4v) is 2.55. The number of methoxy groups -OCH3 is 1. The van der Waals surface area contributed by atoms with E-state index in [2.05, 4.69) is 42.8 Å². The Hall–Kier alpha value is -0.500. The molecule has 0 aromatic heterocycles. The molecule has 0 saturated heterocycles. The van der Waals surface area contributed by atoms with Crippen molar-refractivity contribution in [2.24, 2.45) is 0 Å². The van der Waals surface area contributed by atoms with Gasteiger partial charge < -0.3 is 4.74 Å². The van der Waals surface area contributed by atoms with Crippen LogP contribution < -0.4 is 4.74 Å². The first-order valence-corrected chi connectivity index (χ1v) is 5.23. The van der Waals surface area contributed by atoms with E-state index < -0.39 is 0 Å². The Morgan fingerprint density at radius 2 is 2.00 bits per heavy atom. The third kappa shape index (κ3) is 1.88. The van der Waals surface area contributed by atoms with E-state index in [0.717, 1.165) is 16.6 Å². The maximum atomic E-state index is 5.33. The summed E-state index contributed by atoms with van der Waals surface area (Å²) >= 11 is 3.50. The minimum atomic E-state index is 0.961. The number of hydrogen-bond donors (Lipinski definition) is 0. The molecule has 0 radical (unpaired) electrons. The zero-order chi connectivity index (χ0) is 10.0. The highest BCUT2D eigenvalue weighted by Gasteiger charge is 2.10. The molecular formula is C11H15BrO. The van der Waals surface area contributed by atoms with Gasteiger partial charge in [0.2, 0.25) is 0 Å². The number of hydrogen-bond acceptors (Lipinski definition) is 1. The van der Waals surface area contributed by atoms with E-state index in [1.165, 1.54) is 16.7 Å². The lowest BCUT2D eigenvalue weighted by atomic mass is 10.00. The van der Waals surface area contributed by atoms with E-state index in [-0.39, 0.29) is 0 Å². The summed E-state index contributed by atoms with van der Waals surface area (Å²) in [5.74, 6) is 0.961. The van der Waals surface area contributed by atoms with Gasteiger partial charge in [0, 0.05) is 0 Å². The molecule has 0 aliphatic heterocycles. The zero-order valence-electron chi connectivity index (χ0n) is 8.57. The molecule has 0 unspecified atom stereocenters. The molecule has 0 saturated carbocycles. The van der Waals surface area contributed by atoms with Gasteiger partial charge in [0.1, 0.15) is 5.75 Å². The predicted octanol–water partition coefficient (Wildman–Crippen LogP) is 3.64. The molecule has 0 aliphatic rings. The molecule has 0 fully saturated rings. The second kappa shape index (κ2) is 4.14. The third-order valence-electron chi connectivity index (χ3n) is 2.39. The number of halogens is 1. The van der Waals surface area contributed by atoms with Crippen LogP contribution in [0.4, 0.5) is 0 Å². The second-order valence-electron chi connectivity index (χ2n) is 3.17. The van der Waals surface area contributed by atoms with Gasteiger partial charge >= 0.3 is 0 Å². The van der Waals surface area contributed by atoms with Crippen LogP contribution in [-0.4, -0.2) is 7.11 Å². The Kier molecular flexibility index (Phi) is 3.37. The van der Waals surface area contributed by atoms with Crippen LogP contribution in [0.15, 0.2) is 10.5 Å². The molecule has 0 heterocycles. The van der Waals surface area contributed by atoms with Crippen molar-refractivity contribution in [2.45, 2.75) is 27.2 Å². The van der Waals surface area contributed by atoms with Gasteiger partial charge in [0.25, 0.3) is 0 Å². The van der Waals surface area contributed by atoms with Gasteiger partial charge in [0.05, 0.1) is 11.6 Å². The Morgan fingerprint density at radius 3 is 2.46 bits per heavy atom. The molecule has 0 N–H and O–H groups in total. The summed E-state index contributed by atoms with van der Waals surface area (Å²) in [6.07, 6.45) is 1.06. The van der Waals surface area contributed by atoms with Gasteiger partial charge in [-0.05, 0) is 59.0 Å². The number of rotatable bonds is 2. The summed E-state index contributed by atoms with van der Waals surface area (Å²) in [6.45, 7) is 6.41. The summed E-state index contributed by atoms with van der Waals surface area (Å²) in [5, 5.41) is 0. The first kappa shape index (κ1) is 10.6. The van der Waals surface area contributed by atoms with Crippen molar-refractivity contribution in [3.63, 3.8) is 0 Å². The van der Waals surface area contributed by atoms with Gasteiger partial charge in [-0.15, -0.1) is 0 Å². The van der Waals surface area contributed by atoms with Crippen molar-refractivity contribution in [3.8, 4) is 5.75 Å². The summed E-state index contributed by atoms with van der Waals surface area (Å²) in [6, 6.07) is 2.12. The Balaban J connectivity index is 3.39. The average molecular weight is 243 g/mol. The van der Waals surface area contributed by atoms with E-state index in [1.807, 2.05) is 0 Å². The van der Waals surface area contributed by atoms with Gasteiger partial charge in [-0.3, -0.25) is 0 Å². The van der Waals surface area contributed by atoms with Gasteiger partial charge in [-0.2, -0.15) is 0 Å². The Labute approximate surface area is 88.2 Å². The van der Waals surface area contributed by atoms with Crippen molar-refractivity contribution in [1.29, 1.82) is 0 Å². The fraction of sp³-hybridized carbons (Fsp3) is 0.455. The van der Waals surface area contributed by atoms with Crippen molar-refractivity contribution >= 4 is 15.9 Å². The molecule has 72 valence electrons. The van der Waals surface area contributed by atoms with E-state index in [4.69, 9.17) is 4.74 Å². The van der Waals surface area contributed by atoms with Crippen LogP contribution in [0.2, 0.25) is 0 Å². The number of aryl methyl sites for hydroxylation is 1. The molecule has 0 atom stereocenters. The molecule has 1 rings (SSSR count). The monoisotopic (exact) mass is 242 g/mol. The first-order chi connectivity index (χ1) is 6.11. The fourth-order valence-electron chi connectivity index (χ4n) is 1.75. The number of ether oxygens (including phenoxy) is 1. The van der Waals surface area contributed by atoms with Crippen molar-refractivity contribution in [3.05, 3.63) is 27.2 Å². The third-order valence-corrected chi connectivity index (χ3v) is 2.98. The van der Waals surface area contributed by atoms with Gasteiger partial charge in [0.15, 0.2) is 0 Å². The maximum absolute atomic E-state index is 5.33. The molecule has 1 nitrogen and oxygen atoms in total. The maximum Gasteiger partial charge on any atom is 0.136 e. The van der Waals surface area contributed by atoms with E-state index >= 15 is 0 Å². The summed E-state index contributed by atoms with van der Waals surface area (Å²) in [7, 11) is 1.71. The topological polar surface area (TPSA) is 9.23 Å². The zero-order valence-corrected chi connectivity index (χ0v) is 10.2. The van der Waals surface area contributed by atoms with Crippen LogP contribution in [-0.2, 0) is 6.42 Å². The Bertz CT molecular complexity index is 290. The molecule has 1 aromatic carbocycles. The minimum Gasteiger partial charge on any atom is -0.495 e. The van der Waals surface area contributed by atoms with Gasteiger partial charge in [-0.25, -0.2) is 0 Å². The highest BCUT2D eigenvalue weighted by Crippen LogP contribution is 2.33. The van der Waals surface area contributed by atoms with E-state index in [1.54, 1.807) is 7.11 Å². The normalized spacial score (nSPS) is 10.2. The van der Waals surface area contributed by atoms with E-state index in [9.17, 15) is 0 Å². The average Bonchev–Trinajstić information content (AvgIpc) is 2.04. The minimum absolute atomic E-state index is 0.961. The Morgan fingerprint density at radius 1 is 1.38 bits per heavy atom. The van der Waals surface area contributed by atoms with Crippen molar-refractivity contribution in [2.75, 3.05) is 7.11 Å². The molecule has 2 heteroatoms. The first-order valence-electron chi connectivity index (χ1n) is 4.44. The molecule has 0 amide bonds. The van der Waals surface area contributed by atoms with Gasteiger partial charge in [-0.1, -0.05) is 6.92 Å².